The van der Waals surface area contributed by atoms with Crippen molar-refractivity contribution in [1.29, 1.82) is 0 Å². The van der Waals surface area contributed by atoms with Gasteiger partial charge < -0.3 is 9.47 Å². The van der Waals surface area contributed by atoms with Gasteiger partial charge in [-0.2, -0.15) is 0 Å². The van der Waals surface area contributed by atoms with E-state index in [2.05, 4.69) is 20.3 Å². The average Bonchev–Trinajstić information content (AvgIpc) is 3.06. The van der Waals surface area contributed by atoms with Crippen LogP contribution in [0.1, 0.15) is 6.92 Å². The molecule has 0 unspecified atom stereocenters. The summed E-state index contributed by atoms with van der Waals surface area (Å²) in [6, 6.07) is 4.58. The number of rotatable bonds is 5. The molecule has 0 aliphatic rings. The van der Waals surface area contributed by atoms with Crippen LogP contribution in [0, 0.1) is 5.82 Å². The molecule has 124 valence electrons. The van der Waals surface area contributed by atoms with Crippen LogP contribution < -0.4 is 9.47 Å². The fourth-order valence-corrected chi connectivity index (χ4v) is 2.30. The summed E-state index contributed by atoms with van der Waals surface area (Å²) in [7, 11) is 1.47. The SMILES string of the molecule is CCOc1cn(-c2ccc(Cl)c(F)c2-c2cc(OC)ncn2)nn1. The average molecular weight is 350 g/mol. The van der Waals surface area contributed by atoms with E-state index in [1.807, 2.05) is 6.92 Å². The van der Waals surface area contributed by atoms with Gasteiger partial charge in [0.25, 0.3) is 5.88 Å². The van der Waals surface area contributed by atoms with E-state index in [9.17, 15) is 4.39 Å². The number of nitrogens with zero attached hydrogens (tertiary/aromatic N) is 5. The molecule has 2 aromatic heterocycles. The monoisotopic (exact) mass is 349 g/mol. The molecule has 1 aromatic carbocycles. The molecule has 0 aliphatic carbocycles. The Balaban J connectivity index is 2.17. The summed E-state index contributed by atoms with van der Waals surface area (Å²) >= 11 is 5.93. The summed E-state index contributed by atoms with van der Waals surface area (Å²) < 4.78 is 26.4. The third kappa shape index (κ3) is 3.00. The Morgan fingerprint density at radius 2 is 2.08 bits per heavy atom. The van der Waals surface area contributed by atoms with E-state index in [0.29, 0.717) is 29.7 Å². The smallest absolute Gasteiger partial charge is 0.253 e. The minimum atomic E-state index is -0.622. The lowest BCUT2D eigenvalue weighted by molar-refractivity contribution is 0.326. The predicted molar refractivity (Wildman–Crippen MR) is 85.1 cm³/mol. The quantitative estimate of drug-likeness (QED) is 0.705. The Labute approximate surface area is 142 Å². The van der Waals surface area contributed by atoms with E-state index in [-0.39, 0.29) is 10.6 Å². The predicted octanol–water partition coefficient (Wildman–Crippen LogP) is 2.92. The van der Waals surface area contributed by atoms with Crippen molar-refractivity contribution in [1.82, 2.24) is 25.0 Å². The van der Waals surface area contributed by atoms with Gasteiger partial charge in [-0.15, -0.1) is 0 Å². The van der Waals surface area contributed by atoms with Crippen molar-refractivity contribution in [3.05, 3.63) is 41.6 Å². The fourth-order valence-electron chi connectivity index (χ4n) is 2.14. The van der Waals surface area contributed by atoms with Crippen LogP contribution in [0.4, 0.5) is 4.39 Å². The molecule has 0 radical (unpaired) electrons. The van der Waals surface area contributed by atoms with Crippen LogP contribution >= 0.6 is 11.6 Å². The van der Waals surface area contributed by atoms with E-state index in [1.165, 1.54) is 30.3 Å². The van der Waals surface area contributed by atoms with Gasteiger partial charge in [-0.1, -0.05) is 21.9 Å². The minimum absolute atomic E-state index is 0.0310. The van der Waals surface area contributed by atoms with Gasteiger partial charge in [0.05, 0.1) is 41.9 Å². The van der Waals surface area contributed by atoms with Crippen molar-refractivity contribution >= 4 is 11.6 Å². The van der Waals surface area contributed by atoms with E-state index in [4.69, 9.17) is 21.1 Å². The highest BCUT2D eigenvalue weighted by molar-refractivity contribution is 6.31. The highest BCUT2D eigenvalue weighted by Crippen LogP contribution is 2.33. The van der Waals surface area contributed by atoms with Gasteiger partial charge in [0.2, 0.25) is 5.88 Å². The van der Waals surface area contributed by atoms with Crippen molar-refractivity contribution in [2.75, 3.05) is 13.7 Å². The molecule has 0 aliphatic heterocycles. The van der Waals surface area contributed by atoms with Crippen LogP contribution in [0.25, 0.3) is 16.9 Å². The second kappa shape index (κ2) is 6.79. The topological polar surface area (TPSA) is 75.0 Å². The molecule has 24 heavy (non-hydrogen) atoms. The lowest BCUT2D eigenvalue weighted by Crippen LogP contribution is -2.02. The lowest BCUT2D eigenvalue weighted by atomic mass is 10.1. The van der Waals surface area contributed by atoms with Crippen molar-refractivity contribution in [2.24, 2.45) is 0 Å². The normalized spacial score (nSPS) is 10.7. The summed E-state index contributed by atoms with van der Waals surface area (Å²) in [5.41, 5.74) is 0.887. The number of methoxy groups -OCH3 is 1. The van der Waals surface area contributed by atoms with E-state index < -0.39 is 5.82 Å². The molecule has 2 heterocycles. The second-order valence-corrected chi connectivity index (χ2v) is 5.04. The Morgan fingerprint density at radius 1 is 1.25 bits per heavy atom. The van der Waals surface area contributed by atoms with Gasteiger partial charge in [-0.05, 0) is 19.1 Å². The van der Waals surface area contributed by atoms with Crippen LogP contribution in [-0.4, -0.2) is 38.7 Å². The van der Waals surface area contributed by atoms with Crippen LogP contribution in [0.5, 0.6) is 11.8 Å². The molecule has 0 N–H and O–H groups in total. The Kier molecular flexibility index (Phi) is 4.57. The van der Waals surface area contributed by atoms with E-state index >= 15 is 0 Å². The molecule has 0 saturated carbocycles. The summed E-state index contributed by atoms with van der Waals surface area (Å²) in [6.45, 7) is 2.28. The third-order valence-electron chi connectivity index (χ3n) is 3.19. The molecular weight excluding hydrogens is 337 g/mol. The largest absolute Gasteiger partial charge is 0.481 e. The van der Waals surface area contributed by atoms with E-state index in [1.54, 1.807) is 12.3 Å². The molecule has 0 fully saturated rings. The van der Waals surface area contributed by atoms with Gasteiger partial charge in [-0.3, -0.25) is 0 Å². The molecule has 3 rings (SSSR count). The maximum absolute atomic E-state index is 14.7. The zero-order valence-corrected chi connectivity index (χ0v) is 13.7. The fraction of sp³-hybridized carbons (Fsp3) is 0.200. The first-order valence-electron chi connectivity index (χ1n) is 7.04. The summed E-state index contributed by atoms with van der Waals surface area (Å²) in [4.78, 5) is 8.03. The van der Waals surface area contributed by atoms with Crippen molar-refractivity contribution < 1.29 is 13.9 Å². The number of halogens is 2. The molecule has 0 amide bonds. The van der Waals surface area contributed by atoms with Gasteiger partial charge in [-0.25, -0.2) is 19.0 Å². The highest BCUT2D eigenvalue weighted by atomic mass is 35.5. The first kappa shape index (κ1) is 16.1. The highest BCUT2D eigenvalue weighted by Gasteiger charge is 2.19. The van der Waals surface area contributed by atoms with Crippen molar-refractivity contribution in [3.8, 4) is 28.7 Å². The van der Waals surface area contributed by atoms with Gasteiger partial charge in [0.1, 0.15) is 6.33 Å². The summed E-state index contributed by atoms with van der Waals surface area (Å²) in [5, 5.41) is 7.81. The van der Waals surface area contributed by atoms with Gasteiger partial charge in [0, 0.05) is 6.07 Å². The first-order chi connectivity index (χ1) is 11.6. The molecule has 0 atom stereocenters. The molecular formula is C15H13ClFN5O2. The zero-order valence-electron chi connectivity index (χ0n) is 12.9. The second-order valence-electron chi connectivity index (χ2n) is 4.64. The lowest BCUT2D eigenvalue weighted by Gasteiger charge is -2.11. The Morgan fingerprint density at radius 3 is 2.83 bits per heavy atom. The number of aromatic nitrogens is 5. The van der Waals surface area contributed by atoms with Crippen LogP contribution in [0.15, 0.2) is 30.7 Å². The maximum Gasteiger partial charge on any atom is 0.253 e. The van der Waals surface area contributed by atoms with Crippen molar-refractivity contribution in [3.63, 3.8) is 0 Å². The molecule has 0 saturated heterocycles. The molecule has 3 aromatic rings. The van der Waals surface area contributed by atoms with Crippen LogP contribution in [0.3, 0.4) is 0 Å². The zero-order chi connectivity index (χ0) is 17.1. The molecule has 0 bridgehead atoms. The third-order valence-corrected chi connectivity index (χ3v) is 3.48. The summed E-state index contributed by atoms with van der Waals surface area (Å²) in [6.07, 6.45) is 2.83. The van der Waals surface area contributed by atoms with Gasteiger partial charge in [0.15, 0.2) is 5.82 Å². The van der Waals surface area contributed by atoms with Crippen LogP contribution in [0.2, 0.25) is 5.02 Å². The number of hydrogen-bond donors (Lipinski definition) is 0. The van der Waals surface area contributed by atoms with Crippen molar-refractivity contribution in [2.45, 2.75) is 6.92 Å². The Hall–Kier alpha value is -2.74. The first-order valence-corrected chi connectivity index (χ1v) is 7.41. The maximum atomic E-state index is 14.7. The Bertz CT molecular complexity index is 871. The van der Waals surface area contributed by atoms with Gasteiger partial charge >= 0.3 is 0 Å². The van der Waals surface area contributed by atoms with Crippen LogP contribution in [-0.2, 0) is 0 Å². The number of benzene rings is 1. The van der Waals surface area contributed by atoms with E-state index in [0.717, 1.165) is 0 Å². The molecule has 9 heteroatoms. The number of ether oxygens (including phenoxy) is 2. The summed E-state index contributed by atoms with van der Waals surface area (Å²) in [5.74, 6) is 0.0152. The standard InChI is InChI=1S/C15H13ClFN5O2/c1-3-24-13-7-22(21-20-13)11-5-4-9(16)15(17)14(11)10-6-12(23-2)19-8-18-10/h4-8H,3H2,1-2H3. The minimum Gasteiger partial charge on any atom is -0.481 e. The molecule has 0 spiro atoms. The number of hydrogen-bond acceptors (Lipinski definition) is 6. The molecule has 7 nitrogen and oxygen atoms in total.